The molecule has 0 bridgehead atoms. The Hall–Kier alpha value is -2.56. The number of benzene rings is 1. The third-order valence-corrected chi connectivity index (χ3v) is 6.87. The molecule has 0 fully saturated rings. The summed E-state index contributed by atoms with van der Waals surface area (Å²) < 4.78 is 10.5. The van der Waals surface area contributed by atoms with E-state index in [4.69, 9.17) is 15.2 Å². The molecule has 0 saturated carbocycles. The van der Waals surface area contributed by atoms with E-state index < -0.39 is 0 Å². The van der Waals surface area contributed by atoms with Gasteiger partial charge in [0.15, 0.2) is 5.16 Å². The first-order chi connectivity index (χ1) is 14.5. The fraction of sp³-hybridized carbons (Fsp3) is 0.350. The molecule has 1 aromatic carbocycles. The summed E-state index contributed by atoms with van der Waals surface area (Å²) in [4.78, 5) is 26.0. The number of fused-ring (bicyclic) bond motifs is 3. The predicted octanol–water partition coefficient (Wildman–Crippen LogP) is 3.01. The van der Waals surface area contributed by atoms with E-state index in [1.165, 1.54) is 22.2 Å². The summed E-state index contributed by atoms with van der Waals surface area (Å²) in [5, 5.41) is 4.32. The van der Waals surface area contributed by atoms with Gasteiger partial charge in [-0.2, -0.15) is 0 Å². The highest BCUT2D eigenvalue weighted by Crippen LogP contribution is 2.37. The number of anilines is 2. The third-order valence-electron chi connectivity index (χ3n) is 4.91. The third kappa shape index (κ3) is 4.16. The van der Waals surface area contributed by atoms with Crippen LogP contribution in [-0.4, -0.2) is 54.3 Å². The molecular formula is C20H23N5O3S2. The molecule has 2 aromatic heterocycles. The van der Waals surface area contributed by atoms with Crippen molar-refractivity contribution in [2.24, 2.45) is 0 Å². The van der Waals surface area contributed by atoms with Crippen molar-refractivity contribution in [1.82, 2.24) is 14.9 Å². The Morgan fingerprint density at radius 1 is 1.33 bits per heavy atom. The van der Waals surface area contributed by atoms with E-state index in [0.29, 0.717) is 28.2 Å². The average Bonchev–Trinajstić information content (AvgIpc) is 3.10. The average molecular weight is 446 g/mol. The molecule has 0 radical (unpaired) electrons. The van der Waals surface area contributed by atoms with Crippen molar-refractivity contribution >= 4 is 50.7 Å². The second-order valence-corrected chi connectivity index (χ2v) is 8.99. The van der Waals surface area contributed by atoms with Crippen LogP contribution < -0.4 is 20.5 Å². The van der Waals surface area contributed by atoms with E-state index in [9.17, 15) is 4.79 Å². The molecule has 8 nitrogen and oxygen atoms in total. The fourth-order valence-corrected chi connectivity index (χ4v) is 5.43. The van der Waals surface area contributed by atoms with Crippen LogP contribution in [0.3, 0.4) is 0 Å². The number of carbonyl (C=O) groups excluding carboxylic acids is 1. The van der Waals surface area contributed by atoms with Crippen molar-refractivity contribution in [3.05, 3.63) is 28.6 Å². The Balaban J connectivity index is 1.47. The van der Waals surface area contributed by atoms with Gasteiger partial charge in [0.25, 0.3) is 0 Å². The molecule has 3 N–H and O–H groups in total. The number of rotatable bonds is 6. The van der Waals surface area contributed by atoms with E-state index >= 15 is 0 Å². The first-order valence-corrected chi connectivity index (χ1v) is 11.2. The topological polar surface area (TPSA) is 103 Å². The summed E-state index contributed by atoms with van der Waals surface area (Å²) in [6.07, 6.45) is 0.956. The van der Waals surface area contributed by atoms with Gasteiger partial charge in [-0.3, -0.25) is 4.79 Å². The highest BCUT2D eigenvalue weighted by Gasteiger charge is 2.22. The van der Waals surface area contributed by atoms with E-state index in [2.05, 4.69) is 27.2 Å². The van der Waals surface area contributed by atoms with Crippen LogP contribution in [0, 0.1) is 0 Å². The lowest BCUT2D eigenvalue weighted by atomic mass is 10.1. The van der Waals surface area contributed by atoms with Gasteiger partial charge in [0, 0.05) is 24.0 Å². The van der Waals surface area contributed by atoms with Gasteiger partial charge in [0.2, 0.25) is 5.91 Å². The van der Waals surface area contributed by atoms with Gasteiger partial charge in [-0.15, -0.1) is 11.3 Å². The number of aromatic nitrogens is 2. The zero-order valence-corrected chi connectivity index (χ0v) is 18.7. The van der Waals surface area contributed by atoms with E-state index in [1.54, 1.807) is 43.8 Å². The number of ether oxygens (including phenoxy) is 2. The lowest BCUT2D eigenvalue weighted by molar-refractivity contribution is -0.113. The molecule has 0 aliphatic carbocycles. The van der Waals surface area contributed by atoms with Crippen LogP contribution in [0.5, 0.6) is 11.5 Å². The van der Waals surface area contributed by atoms with E-state index in [0.717, 1.165) is 29.7 Å². The smallest absolute Gasteiger partial charge is 0.234 e. The van der Waals surface area contributed by atoms with Crippen molar-refractivity contribution in [2.45, 2.75) is 18.1 Å². The van der Waals surface area contributed by atoms with Crippen LogP contribution in [-0.2, 0) is 17.8 Å². The maximum absolute atomic E-state index is 12.4. The molecule has 1 amide bonds. The number of amides is 1. The Morgan fingerprint density at radius 2 is 2.17 bits per heavy atom. The summed E-state index contributed by atoms with van der Waals surface area (Å²) in [6.45, 7) is 1.91. The Kier molecular flexibility index (Phi) is 5.98. The van der Waals surface area contributed by atoms with Gasteiger partial charge in [-0.25, -0.2) is 9.97 Å². The molecule has 0 unspecified atom stereocenters. The van der Waals surface area contributed by atoms with Crippen LogP contribution in [0.15, 0.2) is 23.4 Å². The first-order valence-electron chi connectivity index (χ1n) is 9.39. The minimum absolute atomic E-state index is 0.161. The summed E-state index contributed by atoms with van der Waals surface area (Å²) >= 11 is 2.92. The van der Waals surface area contributed by atoms with Crippen LogP contribution in [0.2, 0.25) is 0 Å². The maximum Gasteiger partial charge on any atom is 0.234 e. The Morgan fingerprint density at radius 3 is 2.93 bits per heavy atom. The second kappa shape index (κ2) is 8.66. The SMILES string of the molecule is COc1ccc(NC(=O)CSc2nc(N)c3c4c(sc3n2)CN(C)CC4)c(OC)c1. The standard InChI is InChI=1S/C20H23N5O3S2/c1-25-7-6-12-15(9-25)30-19-17(12)18(21)23-20(24-19)29-10-16(26)22-13-5-4-11(27-2)8-14(13)28-3/h4-5,8H,6-7,9-10H2,1-3H3,(H,22,26)(H2,21,23,24). The number of thiophene rings is 1. The number of nitrogens with two attached hydrogens (primary N) is 1. The molecule has 4 rings (SSSR count). The van der Waals surface area contributed by atoms with Crippen LogP contribution in [0.1, 0.15) is 10.4 Å². The number of thioether (sulfide) groups is 1. The monoisotopic (exact) mass is 445 g/mol. The largest absolute Gasteiger partial charge is 0.497 e. The molecule has 0 atom stereocenters. The number of nitrogen functional groups attached to an aromatic ring is 1. The molecular weight excluding hydrogens is 422 g/mol. The van der Waals surface area contributed by atoms with Gasteiger partial charge in [0.1, 0.15) is 22.1 Å². The zero-order valence-electron chi connectivity index (χ0n) is 17.0. The number of nitrogens with one attached hydrogen (secondary N) is 1. The summed E-state index contributed by atoms with van der Waals surface area (Å²) in [5.74, 6) is 1.65. The van der Waals surface area contributed by atoms with Crippen molar-refractivity contribution in [1.29, 1.82) is 0 Å². The van der Waals surface area contributed by atoms with Gasteiger partial charge in [-0.1, -0.05) is 11.8 Å². The van der Waals surface area contributed by atoms with Gasteiger partial charge in [0.05, 0.1) is 31.0 Å². The Bertz CT molecular complexity index is 1100. The van der Waals surface area contributed by atoms with Gasteiger partial charge >= 0.3 is 0 Å². The van der Waals surface area contributed by atoms with Gasteiger partial charge in [-0.05, 0) is 31.2 Å². The van der Waals surface area contributed by atoms with E-state index in [-0.39, 0.29) is 11.7 Å². The molecule has 30 heavy (non-hydrogen) atoms. The maximum atomic E-state index is 12.4. The van der Waals surface area contributed by atoms with E-state index in [1.807, 2.05) is 0 Å². The van der Waals surface area contributed by atoms with Crippen molar-refractivity contribution in [3.63, 3.8) is 0 Å². The van der Waals surface area contributed by atoms with Crippen molar-refractivity contribution in [2.75, 3.05) is 44.6 Å². The quantitative estimate of drug-likeness (QED) is 0.441. The van der Waals surface area contributed by atoms with Crippen LogP contribution in [0.4, 0.5) is 11.5 Å². The summed E-state index contributed by atoms with van der Waals surface area (Å²) in [7, 11) is 5.23. The van der Waals surface area contributed by atoms with Crippen molar-refractivity contribution in [3.8, 4) is 11.5 Å². The number of carbonyl (C=O) groups is 1. The van der Waals surface area contributed by atoms with Crippen LogP contribution in [0.25, 0.3) is 10.2 Å². The van der Waals surface area contributed by atoms with Gasteiger partial charge < -0.3 is 25.4 Å². The molecule has 0 saturated heterocycles. The summed E-state index contributed by atoms with van der Waals surface area (Å²) in [5.41, 5.74) is 8.10. The second-order valence-electron chi connectivity index (χ2n) is 6.97. The Labute approximate surface area is 182 Å². The molecule has 10 heteroatoms. The number of hydrogen-bond donors (Lipinski definition) is 2. The molecule has 0 spiro atoms. The number of nitrogens with zero attached hydrogens (tertiary/aromatic N) is 3. The lowest BCUT2D eigenvalue weighted by Crippen LogP contribution is -2.25. The minimum Gasteiger partial charge on any atom is -0.497 e. The van der Waals surface area contributed by atoms with Crippen LogP contribution >= 0.6 is 23.1 Å². The lowest BCUT2D eigenvalue weighted by Gasteiger charge is -2.22. The van der Waals surface area contributed by atoms with Crippen molar-refractivity contribution < 1.29 is 14.3 Å². The number of likely N-dealkylation sites (N-methyl/N-ethyl adjacent to an activating group) is 1. The normalized spacial score (nSPS) is 13.8. The molecule has 158 valence electrons. The molecule has 3 aromatic rings. The molecule has 3 heterocycles. The summed E-state index contributed by atoms with van der Waals surface area (Å²) in [6, 6.07) is 5.23. The number of hydrogen-bond acceptors (Lipinski definition) is 9. The first kappa shape index (κ1) is 20.7. The fourth-order valence-electron chi connectivity index (χ4n) is 3.41. The number of methoxy groups -OCH3 is 2. The predicted molar refractivity (Wildman–Crippen MR) is 121 cm³/mol. The minimum atomic E-state index is -0.183. The molecule has 1 aliphatic rings. The highest BCUT2D eigenvalue weighted by atomic mass is 32.2. The highest BCUT2D eigenvalue weighted by molar-refractivity contribution is 7.99. The molecule has 1 aliphatic heterocycles. The zero-order chi connectivity index (χ0) is 21.3.